The standard InChI is InChI=1S/C8H6BrF3/c9-6-1-2-7(10)5(3-6)4-8(11)12/h1-3,8H,4H2. The Balaban J connectivity index is 2.90. The summed E-state index contributed by atoms with van der Waals surface area (Å²) in [6, 6.07) is 4.01. The molecule has 0 atom stereocenters. The fraction of sp³-hybridized carbons (Fsp3) is 0.250. The van der Waals surface area contributed by atoms with E-state index in [-0.39, 0.29) is 5.56 Å². The van der Waals surface area contributed by atoms with Gasteiger partial charge in [0.05, 0.1) is 0 Å². The van der Waals surface area contributed by atoms with E-state index in [1.165, 1.54) is 18.2 Å². The monoisotopic (exact) mass is 238 g/mol. The first-order valence-electron chi connectivity index (χ1n) is 3.31. The summed E-state index contributed by atoms with van der Waals surface area (Å²) < 4.78 is 37.1. The molecule has 0 fully saturated rings. The number of alkyl halides is 2. The van der Waals surface area contributed by atoms with Crippen LogP contribution in [0.3, 0.4) is 0 Å². The molecular weight excluding hydrogens is 233 g/mol. The number of hydrogen-bond acceptors (Lipinski definition) is 0. The van der Waals surface area contributed by atoms with Gasteiger partial charge in [-0.15, -0.1) is 0 Å². The summed E-state index contributed by atoms with van der Waals surface area (Å²) in [7, 11) is 0. The molecule has 0 bridgehead atoms. The van der Waals surface area contributed by atoms with Crippen LogP contribution in [0.1, 0.15) is 5.56 Å². The van der Waals surface area contributed by atoms with Gasteiger partial charge in [0, 0.05) is 10.9 Å². The van der Waals surface area contributed by atoms with E-state index < -0.39 is 18.7 Å². The second-order valence-electron chi connectivity index (χ2n) is 2.33. The maximum atomic E-state index is 12.8. The van der Waals surface area contributed by atoms with Crippen LogP contribution in [-0.4, -0.2) is 6.43 Å². The fourth-order valence-corrected chi connectivity index (χ4v) is 1.27. The Morgan fingerprint density at radius 3 is 2.58 bits per heavy atom. The van der Waals surface area contributed by atoms with Crippen LogP contribution in [0.25, 0.3) is 0 Å². The SMILES string of the molecule is Fc1ccc(Br)cc1CC(F)F. The van der Waals surface area contributed by atoms with E-state index in [1.807, 2.05) is 0 Å². The minimum absolute atomic E-state index is 0.0411. The molecule has 1 aromatic rings. The van der Waals surface area contributed by atoms with Crippen molar-refractivity contribution in [2.24, 2.45) is 0 Å². The maximum absolute atomic E-state index is 12.8. The van der Waals surface area contributed by atoms with Gasteiger partial charge in [0.15, 0.2) is 0 Å². The van der Waals surface area contributed by atoms with Gasteiger partial charge in [-0.3, -0.25) is 0 Å². The molecule has 12 heavy (non-hydrogen) atoms. The van der Waals surface area contributed by atoms with E-state index in [2.05, 4.69) is 15.9 Å². The molecule has 0 aliphatic rings. The molecule has 0 aromatic heterocycles. The van der Waals surface area contributed by atoms with Crippen molar-refractivity contribution in [3.05, 3.63) is 34.1 Å². The molecule has 0 unspecified atom stereocenters. The van der Waals surface area contributed by atoms with E-state index in [1.54, 1.807) is 0 Å². The Bertz CT molecular complexity index is 273. The van der Waals surface area contributed by atoms with Crippen molar-refractivity contribution in [3.63, 3.8) is 0 Å². The van der Waals surface area contributed by atoms with Gasteiger partial charge >= 0.3 is 0 Å². The fourth-order valence-electron chi connectivity index (χ4n) is 0.866. The molecule has 0 aliphatic heterocycles. The molecule has 4 heteroatoms. The number of hydrogen-bond donors (Lipinski definition) is 0. The Morgan fingerprint density at radius 1 is 1.33 bits per heavy atom. The van der Waals surface area contributed by atoms with Crippen LogP contribution in [0, 0.1) is 5.82 Å². The van der Waals surface area contributed by atoms with Crippen molar-refractivity contribution in [2.75, 3.05) is 0 Å². The minimum Gasteiger partial charge on any atom is -0.210 e. The summed E-state index contributed by atoms with van der Waals surface area (Å²) >= 11 is 3.07. The smallest absolute Gasteiger partial charge is 0.210 e. The average molecular weight is 239 g/mol. The van der Waals surface area contributed by atoms with Gasteiger partial charge in [0.1, 0.15) is 5.82 Å². The van der Waals surface area contributed by atoms with Crippen LogP contribution in [0.15, 0.2) is 22.7 Å². The zero-order valence-electron chi connectivity index (χ0n) is 6.03. The molecule has 0 spiro atoms. The van der Waals surface area contributed by atoms with Crippen molar-refractivity contribution in [1.29, 1.82) is 0 Å². The normalized spacial score (nSPS) is 10.8. The average Bonchev–Trinajstić information content (AvgIpc) is 1.96. The number of rotatable bonds is 2. The molecule has 0 saturated carbocycles. The zero-order valence-corrected chi connectivity index (χ0v) is 7.61. The summed E-state index contributed by atoms with van der Waals surface area (Å²) in [5.74, 6) is -0.585. The third-order valence-corrected chi connectivity index (χ3v) is 1.88. The topological polar surface area (TPSA) is 0 Å². The van der Waals surface area contributed by atoms with Crippen LogP contribution in [0.5, 0.6) is 0 Å². The van der Waals surface area contributed by atoms with Crippen LogP contribution in [0.4, 0.5) is 13.2 Å². The van der Waals surface area contributed by atoms with Gasteiger partial charge < -0.3 is 0 Å². The molecule has 1 rings (SSSR count). The number of benzene rings is 1. The second kappa shape index (κ2) is 3.94. The predicted molar refractivity (Wildman–Crippen MR) is 43.8 cm³/mol. The van der Waals surface area contributed by atoms with Crippen molar-refractivity contribution >= 4 is 15.9 Å². The first kappa shape index (κ1) is 9.58. The molecule has 0 saturated heterocycles. The first-order valence-corrected chi connectivity index (χ1v) is 4.11. The van der Waals surface area contributed by atoms with Gasteiger partial charge in [-0.2, -0.15) is 0 Å². The lowest BCUT2D eigenvalue weighted by Crippen LogP contribution is -1.99. The first-order chi connectivity index (χ1) is 5.59. The van der Waals surface area contributed by atoms with Crippen molar-refractivity contribution in [3.8, 4) is 0 Å². The molecule has 0 radical (unpaired) electrons. The highest BCUT2D eigenvalue weighted by Crippen LogP contribution is 2.17. The largest absolute Gasteiger partial charge is 0.242 e. The van der Waals surface area contributed by atoms with E-state index in [0.717, 1.165) is 0 Å². The van der Waals surface area contributed by atoms with E-state index >= 15 is 0 Å². The summed E-state index contributed by atoms with van der Waals surface area (Å²) in [6.45, 7) is 0. The molecule has 0 aliphatic carbocycles. The number of halogens is 4. The summed E-state index contributed by atoms with van der Waals surface area (Å²) in [5.41, 5.74) is 0.0411. The van der Waals surface area contributed by atoms with E-state index in [0.29, 0.717) is 4.47 Å². The van der Waals surface area contributed by atoms with Gasteiger partial charge in [-0.25, -0.2) is 13.2 Å². The van der Waals surface area contributed by atoms with Crippen LogP contribution >= 0.6 is 15.9 Å². The highest BCUT2D eigenvalue weighted by Gasteiger charge is 2.09. The Hall–Kier alpha value is -0.510. The van der Waals surface area contributed by atoms with Gasteiger partial charge in [0.25, 0.3) is 0 Å². The van der Waals surface area contributed by atoms with Crippen LogP contribution in [0.2, 0.25) is 0 Å². The lowest BCUT2D eigenvalue weighted by Gasteiger charge is -2.02. The lowest BCUT2D eigenvalue weighted by atomic mass is 10.1. The quantitative estimate of drug-likeness (QED) is 0.741. The summed E-state index contributed by atoms with van der Waals surface area (Å²) in [5, 5.41) is 0. The highest BCUT2D eigenvalue weighted by molar-refractivity contribution is 9.10. The lowest BCUT2D eigenvalue weighted by molar-refractivity contribution is 0.148. The molecule has 0 heterocycles. The molecule has 0 amide bonds. The predicted octanol–water partition coefficient (Wildman–Crippen LogP) is 3.40. The molecule has 66 valence electrons. The third kappa shape index (κ3) is 2.52. The summed E-state index contributed by atoms with van der Waals surface area (Å²) in [4.78, 5) is 0. The molecule has 1 aromatic carbocycles. The second-order valence-corrected chi connectivity index (χ2v) is 3.25. The van der Waals surface area contributed by atoms with Crippen molar-refractivity contribution in [1.82, 2.24) is 0 Å². The van der Waals surface area contributed by atoms with Crippen LogP contribution in [-0.2, 0) is 6.42 Å². The van der Waals surface area contributed by atoms with Crippen molar-refractivity contribution in [2.45, 2.75) is 12.8 Å². The molecule has 0 N–H and O–H groups in total. The molecule has 0 nitrogen and oxygen atoms in total. The van der Waals surface area contributed by atoms with Gasteiger partial charge in [-0.1, -0.05) is 15.9 Å². The summed E-state index contributed by atoms with van der Waals surface area (Å²) in [6.07, 6.45) is -3.04. The Morgan fingerprint density at radius 2 is 2.00 bits per heavy atom. The molecular formula is C8H6BrF3. The minimum atomic E-state index is -2.51. The highest BCUT2D eigenvalue weighted by atomic mass is 79.9. The van der Waals surface area contributed by atoms with E-state index in [9.17, 15) is 13.2 Å². The van der Waals surface area contributed by atoms with Gasteiger partial charge in [0.2, 0.25) is 6.43 Å². The Kier molecular flexibility index (Phi) is 3.14. The van der Waals surface area contributed by atoms with E-state index in [4.69, 9.17) is 0 Å². The van der Waals surface area contributed by atoms with Crippen LogP contribution < -0.4 is 0 Å². The Labute approximate surface area is 76.5 Å². The maximum Gasteiger partial charge on any atom is 0.242 e. The van der Waals surface area contributed by atoms with Crippen molar-refractivity contribution < 1.29 is 13.2 Å². The third-order valence-electron chi connectivity index (χ3n) is 1.38. The zero-order chi connectivity index (χ0) is 9.14. The van der Waals surface area contributed by atoms with Gasteiger partial charge in [-0.05, 0) is 23.8 Å².